The summed E-state index contributed by atoms with van der Waals surface area (Å²) < 4.78 is 6.41. The Morgan fingerprint density at radius 2 is 1.19 bits per heavy atom. The van der Waals surface area contributed by atoms with Crippen molar-refractivity contribution >= 4 is 38.3 Å². The predicted molar refractivity (Wildman–Crippen MR) is 192 cm³/mol. The Kier molecular flexibility index (Phi) is 6.57. The second-order valence-electron chi connectivity index (χ2n) is 12.0. The second kappa shape index (κ2) is 11.3. The number of aromatic nitrogens is 3. The lowest BCUT2D eigenvalue weighted by molar-refractivity contribution is 0.668. The Hall–Kier alpha value is -6.13. The molecule has 1 atom stereocenters. The van der Waals surface area contributed by atoms with E-state index in [1.165, 1.54) is 21.9 Å². The van der Waals surface area contributed by atoms with Gasteiger partial charge in [-0.15, -0.1) is 0 Å². The van der Waals surface area contributed by atoms with Gasteiger partial charge in [0.15, 0.2) is 17.5 Å². The summed E-state index contributed by atoms with van der Waals surface area (Å²) in [6.07, 6.45) is 7.55. The Balaban J connectivity index is 1.13. The maximum absolute atomic E-state index is 6.41. The molecule has 1 aliphatic carbocycles. The quantitative estimate of drug-likeness (QED) is 0.196. The van der Waals surface area contributed by atoms with E-state index in [9.17, 15) is 0 Å². The second-order valence-corrected chi connectivity index (χ2v) is 12.0. The number of hydrogen-bond donors (Lipinski definition) is 0. The lowest BCUT2D eigenvalue weighted by Crippen LogP contribution is -2.05. The lowest BCUT2D eigenvalue weighted by Gasteiger charge is -2.19. The Morgan fingerprint density at radius 3 is 1.98 bits per heavy atom. The van der Waals surface area contributed by atoms with E-state index in [0.717, 1.165) is 50.6 Å². The van der Waals surface area contributed by atoms with E-state index in [2.05, 4.69) is 115 Å². The molecule has 9 rings (SSSR count). The van der Waals surface area contributed by atoms with Crippen molar-refractivity contribution in [1.82, 2.24) is 15.0 Å². The van der Waals surface area contributed by atoms with Crippen molar-refractivity contribution in [2.75, 3.05) is 0 Å². The smallest absolute Gasteiger partial charge is 0.164 e. The van der Waals surface area contributed by atoms with Crippen LogP contribution < -0.4 is 0 Å². The zero-order valence-corrected chi connectivity index (χ0v) is 25.5. The molecule has 8 aromatic rings. The maximum Gasteiger partial charge on any atom is 0.164 e. The van der Waals surface area contributed by atoms with Gasteiger partial charge in [-0.05, 0) is 58.1 Å². The molecule has 0 amide bonds. The average Bonchev–Trinajstić information content (AvgIpc) is 3.53. The molecule has 0 saturated heterocycles. The molecule has 47 heavy (non-hydrogen) atoms. The molecule has 4 nitrogen and oxygen atoms in total. The zero-order chi connectivity index (χ0) is 31.2. The van der Waals surface area contributed by atoms with Gasteiger partial charge >= 0.3 is 0 Å². The molecule has 2 aromatic heterocycles. The van der Waals surface area contributed by atoms with Gasteiger partial charge in [0.25, 0.3) is 0 Å². The molecule has 0 spiro atoms. The first kappa shape index (κ1) is 27.2. The molecule has 0 bridgehead atoms. The fourth-order valence-corrected chi connectivity index (χ4v) is 6.67. The fourth-order valence-electron chi connectivity index (χ4n) is 6.67. The van der Waals surface area contributed by atoms with E-state index in [4.69, 9.17) is 19.4 Å². The number of rotatable bonds is 5. The van der Waals surface area contributed by atoms with Crippen molar-refractivity contribution in [2.24, 2.45) is 0 Å². The van der Waals surface area contributed by atoms with Gasteiger partial charge in [0.1, 0.15) is 11.2 Å². The van der Waals surface area contributed by atoms with E-state index in [0.29, 0.717) is 17.5 Å². The topological polar surface area (TPSA) is 51.8 Å². The van der Waals surface area contributed by atoms with Crippen LogP contribution in [0.15, 0.2) is 162 Å². The highest BCUT2D eigenvalue weighted by atomic mass is 16.3. The monoisotopic (exact) mass is 603 g/mol. The third-order valence-corrected chi connectivity index (χ3v) is 9.05. The molecule has 4 heteroatoms. The summed E-state index contributed by atoms with van der Waals surface area (Å²) in [4.78, 5) is 15.0. The van der Waals surface area contributed by atoms with Gasteiger partial charge in [-0.25, -0.2) is 15.0 Å². The molecule has 2 heterocycles. The highest BCUT2D eigenvalue weighted by Gasteiger charge is 2.22. The molecule has 0 N–H and O–H groups in total. The molecule has 0 radical (unpaired) electrons. The van der Waals surface area contributed by atoms with Crippen molar-refractivity contribution in [3.05, 3.63) is 169 Å². The number of fused-ring (bicyclic) bond motifs is 4. The van der Waals surface area contributed by atoms with Crippen molar-refractivity contribution in [1.29, 1.82) is 0 Å². The van der Waals surface area contributed by atoms with Crippen LogP contribution in [0.1, 0.15) is 23.7 Å². The summed E-state index contributed by atoms with van der Waals surface area (Å²) in [5.41, 5.74) is 8.33. The first-order valence-electron chi connectivity index (χ1n) is 16.0. The zero-order valence-electron chi connectivity index (χ0n) is 25.5. The third-order valence-electron chi connectivity index (χ3n) is 9.05. The number of para-hydroxylation sites is 1. The molecule has 1 unspecified atom stereocenters. The normalized spacial score (nSPS) is 14.6. The molecule has 222 valence electrons. The molecule has 0 saturated carbocycles. The predicted octanol–water partition coefficient (Wildman–Crippen LogP) is 11.1. The molecule has 6 aromatic carbocycles. The SMILES string of the molecule is C1=CC(c2cc(-c3ccccc3)cc3oc4ccccc4c23)CC=C1c1nc(-c2ccccc2)nc(-c2ccc3ccccc3c2)n1. The van der Waals surface area contributed by atoms with Crippen LogP contribution >= 0.6 is 0 Å². The van der Waals surface area contributed by atoms with Gasteiger partial charge in [-0.1, -0.05) is 133 Å². The summed E-state index contributed by atoms with van der Waals surface area (Å²) in [5.74, 6) is 2.17. The van der Waals surface area contributed by atoms with Crippen LogP contribution in [-0.2, 0) is 0 Å². The van der Waals surface area contributed by atoms with Crippen molar-refractivity contribution in [3.8, 4) is 33.9 Å². The molecular formula is C43H29N3O. The minimum Gasteiger partial charge on any atom is -0.456 e. The van der Waals surface area contributed by atoms with Crippen LogP contribution in [0.4, 0.5) is 0 Å². The van der Waals surface area contributed by atoms with Gasteiger partial charge < -0.3 is 4.42 Å². The molecular weight excluding hydrogens is 574 g/mol. The van der Waals surface area contributed by atoms with Crippen molar-refractivity contribution < 1.29 is 4.42 Å². The van der Waals surface area contributed by atoms with Crippen LogP contribution in [-0.4, -0.2) is 15.0 Å². The van der Waals surface area contributed by atoms with E-state index < -0.39 is 0 Å². The summed E-state index contributed by atoms with van der Waals surface area (Å²) in [7, 11) is 0. The minimum absolute atomic E-state index is 0.168. The van der Waals surface area contributed by atoms with E-state index >= 15 is 0 Å². The van der Waals surface area contributed by atoms with E-state index in [1.54, 1.807) is 0 Å². The molecule has 1 aliphatic rings. The highest BCUT2D eigenvalue weighted by molar-refractivity contribution is 6.08. The Labute approximate surface area is 272 Å². The summed E-state index contributed by atoms with van der Waals surface area (Å²) >= 11 is 0. The minimum atomic E-state index is 0.168. The number of allylic oxidation sites excluding steroid dienone is 4. The highest BCUT2D eigenvalue weighted by Crippen LogP contribution is 2.41. The fraction of sp³-hybridized carbons (Fsp3) is 0.0465. The third kappa shape index (κ3) is 5.01. The van der Waals surface area contributed by atoms with E-state index in [-0.39, 0.29) is 5.92 Å². The van der Waals surface area contributed by atoms with Crippen molar-refractivity contribution in [2.45, 2.75) is 12.3 Å². The van der Waals surface area contributed by atoms with Crippen LogP contribution in [0, 0.1) is 0 Å². The maximum atomic E-state index is 6.41. The molecule has 0 fully saturated rings. The first-order chi connectivity index (χ1) is 23.3. The van der Waals surface area contributed by atoms with E-state index in [1.807, 2.05) is 42.5 Å². The summed E-state index contributed by atoms with van der Waals surface area (Å²) in [6, 6.07) is 48.2. The number of benzene rings is 6. The van der Waals surface area contributed by atoms with Gasteiger partial charge in [-0.3, -0.25) is 0 Å². The average molecular weight is 604 g/mol. The van der Waals surface area contributed by atoms with Crippen LogP contribution in [0.2, 0.25) is 0 Å². The number of hydrogen-bond acceptors (Lipinski definition) is 4. The van der Waals surface area contributed by atoms with Gasteiger partial charge in [0.2, 0.25) is 0 Å². The largest absolute Gasteiger partial charge is 0.456 e. The van der Waals surface area contributed by atoms with Gasteiger partial charge in [0, 0.05) is 33.4 Å². The molecule has 0 aliphatic heterocycles. The lowest BCUT2D eigenvalue weighted by atomic mass is 9.85. The summed E-state index contributed by atoms with van der Waals surface area (Å²) in [6.45, 7) is 0. The standard InChI is InChI=1S/C43H29N3O/c1-3-11-28(12-4-1)35-26-37(40-36-17-9-10-18-38(36)47-39(40)27-35)30-20-22-32(23-21-30)42-44-41(31-14-5-2-6-15-31)45-43(46-42)34-24-19-29-13-7-8-16-33(29)25-34/h1-20,22-27,30H,21H2. The Morgan fingerprint density at radius 1 is 0.511 bits per heavy atom. The Bertz CT molecular complexity index is 2490. The van der Waals surface area contributed by atoms with Gasteiger partial charge in [0.05, 0.1) is 0 Å². The van der Waals surface area contributed by atoms with Crippen LogP contribution in [0.5, 0.6) is 0 Å². The number of nitrogens with zero attached hydrogens (tertiary/aromatic N) is 3. The van der Waals surface area contributed by atoms with Crippen molar-refractivity contribution in [3.63, 3.8) is 0 Å². The van der Waals surface area contributed by atoms with Crippen LogP contribution in [0.3, 0.4) is 0 Å². The first-order valence-corrected chi connectivity index (χ1v) is 16.0. The van der Waals surface area contributed by atoms with Crippen LogP contribution in [0.25, 0.3) is 72.2 Å². The van der Waals surface area contributed by atoms with Gasteiger partial charge in [-0.2, -0.15) is 0 Å². The summed E-state index contributed by atoms with van der Waals surface area (Å²) in [5, 5.41) is 4.67. The number of furan rings is 1.